The molecule has 5 heteroatoms. The van der Waals surface area contributed by atoms with Crippen LogP contribution in [0.2, 0.25) is 0 Å². The van der Waals surface area contributed by atoms with Gasteiger partial charge in [-0.25, -0.2) is 15.0 Å². The highest BCUT2D eigenvalue weighted by Gasteiger charge is 2.10. The zero-order chi connectivity index (χ0) is 14.8. The van der Waals surface area contributed by atoms with Crippen LogP contribution < -0.4 is 0 Å². The van der Waals surface area contributed by atoms with Crippen LogP contribution in [0.3, 0.4) is 0 Å². The molecule has 0 aliphatic carbocycles. The fourth-order valence-electron chi connectivity index (χ4n) is 2.34. The summed E-state index contributed by atoms with van der Waals surface area (Å²) in [6.07, 6.45) is 5.55. The summed E-state index contributed by atoms with van der Waals surface area (Å²) in [6, 6.07) is 16.2. The van der Waals surface area contributed by atoms with Gasteiger partial charge in [0, 0.05) is 23.3 Å². The van der Waals surface area contributed by atoms with Crippen LogP contribution >= 0.6 is 11.3 Å². The van der Waals surface area contributed by atoms with Crippen LogP contribution in [0, 0.1) is 0 Å². The van der Waals surface area contributed by atoms with E-state index in [9.17, 15) is 0 Å². The minimum atomic E-state index is 0.735. The van der Waals surface area contributed by atoms with Gasteiger partial charge < -0.3 is 0 Å². The first-order valence-corrected chi connectivity index (χ1v) is 7.76. The number of nitrogens with zero attached hydrogens (tertiary/aromatic N) is 4. The maximum Gasteiger partial charge on any atom is 0.209 e. The zero-order valence-corrected chi connectivity index (χ0v) is 12.4. The van der Waals surface area contributed by atoms with Crippen molar-refractivity contribution in [2.45, 2.75) is 0 Å². The van der Waals surface area contributed by atoms with Crippen LogP contribution in [0.1, 0.15) is 5.69 Å². The molecule has 3 aromatic heterocycles. The molecule has 3 heterocycles. The smallest absolute Gasteiger partial charge is 0.209 e. The SMILES string of the molecule is C(=Nc1nccs1)c1nc(-c2ccccc2)n2ccccc12. The maximum atomic E-state index is 4.75. The molecule has 22 heavy (non-hydrogen) atoms. The normalized spacial score (nSPS) is 11.5. The summed E-state index contributed by atoms with van der Waals surface area (Å²) < 4.78 is 2.08. The third-order valence-electron chi connectivity index (χ3n) is 3.33. The Balaban J connectivity index is 1.86. The van der Waals surface area contributed by atoms with Crippen LogP contribution in [-0.4, -0.2) is 20.6 Å². The summed E-state index contributed by atoms with van der Waals surface area (Å²) in [6.45, 7) is 0. The predicted molar refractivity (Wildman–Crippen MR) is 90.0 cm³/mol. The van der Waals surface area contributed by atoms with E-state index in [1.54, 1.807) is 12.4 Å². The summed E-state index contributed by atoms with van der Waals surface area (Å²) >= 11 is 1.51. The van der Waals surface area contributed by atoms with Crippen molar-refractivity contribution in [2.24, 2.45) is 4.99 Å². The van der Waals surface area contributed by atoms with E-state index in [-0.39, 0.29) is 0 Å². The molecule has 0 aliphatic rings. The Morgan fingerprint density at radius 2 is 1.91 bits per heavy atom. The lowest BCUT2D eigenvalue weighted by Crippen LogP contribution is -1.87. The Labute approximate surface area is 131 Å². The fourth-order valence-corrected chi connectivity index (χ4v) is 2.82. The van der Waals surface area contributed by atoms with Crippen LogP contribution in [0.5, 0.6) is 0 Å². The third-order valence-corrected chi connectivity index (χ3v) is 4.00. The maximum absolute atomic E-state index is 4.75. The second-order valence-corrected chi connectivity index (χ2v) is 5.59. The molecule has 0 fully saturated rings. The summed E-state index contributed by atoms with van der Waals surface area (Å²) in [4.78, 5) is 13.3. The summed E-state index contributed by atoms with van der Waals surface area (Å²) in [5.41, 5.74) is 2.95. The van der Waals surface area contributed by atoms with Gasteiger partial charge in [-0.2, -0.15) is 0 Å². The van der Waals surface area contributed by atoms with Crippen LogP contribution in [0.25, 0.3) is 16.9 Å². The molecule has 0 saturated heterocycles. The van der Waals surface area contributed by atoms with Gasteiger partial charge in [0.2, 0.25) is 5.13 Å². The lowest BCUT2D eigenvalue weighted by Gasteiger charge is -1.99. The van der Waals surface area contributed by atoms with E-state index >= 15 is 0 Å². The highest BCUT2D eigenvalue weighted by atomic mass is 32.1. The number of benzene rings is 1. The molecule has 4 nitrogen and oxygen atoms in total. The number of thiazole rings is 1. The van der Waals surface area contributed by atoms with Gasteiger partial charge in [-0.3, -0.25) is 4.40 Å². The van der Waals surface area contributed by atoms with Gasteiger partial charge in [0.25, 0.3) is 0 Å². The van der Waals surface area contributed by atoms with Crippen LogP contribution in [0.4, 0.5) is 5.13 Å². The topological polar surface area (TPSA) is 42.5 Å². The molecule has 4 aromatic rings. The van der Waals surface area contributed by atoms with E-state index in [0.717, 1.165) is 27.7 Å². The monoisotopic (exact) mass is 304 g/mol. The highest BCUT2D eigenvalue weighted by Crippen LogP contribution is 2.22. The molecular weight excluding hydrogens is 292 g/mol. The molecule has 4 rings (SSSR count). The van der Waals surface area contributed by atoms with Crippen LogP contribution in [-0.2, 0) is 0 Å². The molecular formula is C17H12N4S. The summed E-state index contributed by atoms with van der Waals surface area (Å²) in [5.74, 6) is 0.914. The number of aromatic nitrogens is 3. The minimum Gasteiger partial charge on any atom is -0.299 e. The molecule has 0 radical (unpaired) electrons. The molecule has 0 spiro atoms. The van der Waals surface area contributed by atoms with Gasteiger partial charge in [-0.1, -0.05) is 36.4 Å². The van der Waals surface area contributed by atoms with Crippen molar-refractivity contribution in [3.63, 3.8) is 0 Å². The number of fused-ring (bicyclic) bond motifs is 1. The Morgan fingerprint density at radius 1 is 1.05 bits per heavy atom. The second kappa shape index (κ2) is 5.54. The van der Waals surface area contributed by atoms with Gasteiger partial charge in [0.05, 0.1) is 11.7 Å². The Kier molecular flexibility index (Phi) is 3.25. The lowest BCUT2D eigenvalue weighted by atomic mass is 10.2. The molecule has 0 atom stereocenters. The molecule has 0 amide bonds. The van der Waals surface area contributed by atoms with Gasteiger partial charge in [-0.15, -0.1) is 11.3 Å². The van der Waals surface area contributed by atoms with Crippen molar-refractivity contribution in [2.75, 3.05) is 0 Å². The van der Waals surface area contributed by atoms with Crippen molar-refractivity contribution in [3.05, 3.63) is 72.0 Å². The average molecular weight is 304 g/mol. The van der Waals surface area contributed by atoms with Crippen molar-refractivity contribution in [1.82, 2.24) is 14.4 Å². The van der Waals surface area contributed by atoms with Crippen molar-refractivity contribution in [3.8, 4) is 11.4 Å². The average Bonchev–Trinajstić information content (AvgIpc) is 3.22. The first-order chi connectivity index (χ1) is 10.9. The zero-order valence-electron chi connectivity index (χ0n) is 11.6. The Hall–Kier alpha value is -2.79. The Bertz CT molecular complexity index is 924. The third kappa shape index (κ3) is 2.31. The number of rotatable bonds is 3. The van der Waals surface area contributed by atoms with Crippen molar-refractivity contribution < 1.29 is 0 Å². The quantitative estimate of drug-likeness (QED) is 0.532. The molecule has 0 unspecified atom stereocenters. The van der Waals surface area contributed by atoms with E-state index < -0.39 is 0 Å². The number of hydrogen-bond donors (Lipinski definition) is 0. The number of hydrogen-bond acceptors (Lipinski definition) is 4. The highest BCUT2D eigenvalue weighted by molar-refractivity contribution is 7.13. The molecule has 0 saturated carbocycles. The molecule has 1 aromatic carbocycles. The second-order valence-electron chi connectivity index (χ2n) is 4.72. The summed E-state index contributed by atoms with van der Waals surface area (Å²) in [5, 5.41) is 2.64. The van der Waals surface area contributed by atoms with E-state index in [1.165, 1.54) is 11.3 Å². The molecule has 0 N–H and O–H groups in total. The molecule has 0 aliphatic heterocycles. The first-order valence-electron chi connectivity index (χ1n) is 6.88. The van der Waals surface area contributed by atoms with Crippen LogP contribution in [0.15, 0.2) is 71.3 Å². The number of imidazole rings is 1. The van der Waals surface area contributed by atoms with Crippen molar-refractivity contribution in [1.29, 1.82) is 0 Å². The standard InChI is InChI=1S/C17H12N4S/c1-2-6-13(7-3-1)16-20-14(12-19-17-18-9-11-22-17)15-8-4-5-10-21(15)16/h1-12H. The van der Waals surface area contributed by atoms with Gasteiger partial charge in [0.15, 0.2) is 0 Å². The summed E-state index contributed by atoms with van der Waals surface area (Å²) in [7, 11) is 0. The largest absolute Gasteiger partial charge is 0.299 e. The Morgan fingerprint density at radius 3 is 2.73 bits per heavy atom. The number of pyridine rings is 1. The van der Waals surface area contributed by atoms with Gasteiger partial charge in [0.1, 0.15) is 11.5 Å². The van der Waals surface area contributed by atoms with Gasteiger partial charge in [-0.05, 0) is 12.1 Å². The van der Waals surface area contributed by atoms with E-state index in [2.05, 4.69) is 26.5 Å². The fraction of sp³-hybridized carbons (Fsp3) is 0. The van der Waals surface area contributed by atoms with E-state index in [4.69, 9.17) is 4.98 Å². The lowest BCUT2D eigenvalue weighted by molar-refractivity contribution is 1.16. The number of aliphatic imine (C=N–C) groups is 1. The van der Waals surface area contributed by atoms with E-state index in [1.807, 2.05) is 48.0 Å². The first kappa shape index (κ1) is 12.9. The van der Waals surface area contributed by atoms with Gasteiger partial charge >= 0.3 is 0 Å². The molecule has 106 valence electrons. The minimum absolute atomic E-state index is 0.735. The molecule has 0 bridgehead atoms. The predicted octanol–water partition coefficient (Wildman–Crippen LogP) is 4.21. The van der Waals surface area contributed by atoms with Crippen molar-refractivity contribution >= 4 is 28.2 Å². The van der Waals surface area contributed by atoms with E-state index in [0.29, 0.717) is 0 Å².